The maximum Gasteiger partial charge on any atom is 0.306 e. The number of amides is 1. The number of hydrogen-bond donors (Lipinski definition) is 1. The van der Waals surface area contributed by atoms with Crippen molar-refractivity contribution in [3.63, 3.8) is 0 Å². The van der Waals surface area contributed by atoms with Gasteiger partial charge < -0.3 is 10.1 Å². The molecule has 114 valence electrons. The van der Waals surface area contributed by atoms with Gasteiger partial charge in [0.2, 0.25) is 0 Å². The lowest BCUT2D eigenvalue weighted by Crippen LogP contribution is -2.55. The number of rotatable bonds is 0. The summed E-state index contributed by atoms with van der Waals surface area (Å²) in [5.41, 5.74) is 2.48. The third-order valence-electron chi connectivity index (χ3n) is 4.77. The van der Waals surface area contributed by atoms with Gasteiger partial charge in [-0.05, 0) is 19.1 Å². The highest BCUT2D eigenvalue weighted by atomic mass is 16.5. The third kappa shape index (κ3) is 1.46. The molecule has 0 saturated carbocycles. The van der Waals surface area contributed by atoms with Crippen LogP contribution in [0.3, 0.4) is 0 Å². The Hall–Kier alpha value is -2.82. The predicted molar refractivity (Wildman–Crippen MR) is 86.1 cm³/mol. The Bertz CT molecular complexity index is 876. The highest BCUT2D eigenvalue weighted by Gasteiger charge is 2.60. The van der Waals surface area contributed by atoms with Crippen molar-refractivity contribution >= 4 is 17.3 Å². The lowest BCUT2D eigenvalue weighted by molar-refractivity contribution is -0.161. The molecule has 2 atom stereocenters. The van der Waals surface area contributed by atoms with Gasteiger partial charge in [-0.25, -0.2) is 5.01 Å². The van der Waals surface area contributed by atoms with Crippen molar-refractivity contribution in [3.05, 3.63) is 59.7 Å². The molecule has 5 heteroatoms. The molecule has 2 aromatic carbocycles. The topological polar surface area (TPSA) is 53.9 Å². The van der Waals surface area contributed by atoms with E-state index in [1.807, 2.05) is 60.5 Å². The van der Waals surface area contributed by atoms with Gasteiger partial charge in [-0.1, -0.05) is 36.4 Å². The van der Waals surface area contributed by atoms with Crippen molar-refractivity contribution in [2.75, 3.05) is 5.32 Å². The summed E-state index contributed by atoms with van der Waals surface area (Å²) in [5, 5.41) is 9.44. The standard InChI is InChI=1S/C18H15N3O2/c1-11-10-15-12-6-2-5-9-16(12)23-18(21(15)20-11)13-7-3-4-8-14(13)19-17(18)22/h2-9,15H,10H2,1H3,(H,19,22)/t15-,18+/m1/s1. The number of hydrazone groups is 1. The van der Waals surface area contributed by atoms with E-state index in [1.165, 1.54) is 0 Å². The van der Waals surface area contributed by atoms with Crippen LogP contribution in [0.1, 0.15) is 30.5 Å². The summed E-state index contributed by atoms with van der Waals surface area (Å²) >= 11 is 0. The van der Waals surface area contributed by atoms with E-state index in [9.17, 15) is 4.79 Å². The average Bonchev–Trinajstić information content (AvgIpc) is 3.08. The first-order valence-corrected chi connectivity index (χ1v) is 7.72. The van der Waals surface area contributed by atoms with Crippen LogP contribution in [0.15, 0.2) is 53.6 Å². The van der Waals surface area contributed by atoms with Crippen molar-refractivity contribution in [3.8, 4) is 5.75 Å². The second-order valence-electron chi connectivity index (χ2n) is 6.18. The molecule has 5 rings (SSSR count). The first kappa shape index (κ1) is 12.7. The molecule has 0 aromatic heterocycles. The van der Waals surface area contributed by atoms with Crippen LogP contribution in [-0.4, -0.2) is 16.6 Å². The minimum atomic E-state index is -1.21. The van der Waals surface area contributed by atoms with Crippen molar-refractivity contribution in [2.24, 2.45) is 5.10 Å². The second-order valence-corrected chi connectivity index (χ2v) is 6.18. The quantitative estimate of drug-likeness (QED) is 0.814. The summed E-state index contributed by atoms with van der Waals surface area (Å²) in [6.45, 7) is 1.99. The molecule has 5 nitrogen and oxygen atoms in total. The maximum absolute atomic E-state index is 12.9. The highest BCUT2D eigenvalue weighted by Crippen LogP contribution is 2.53. The number of nitrogens with zero attached hydrogens (tertiary/aromatic N) is 2. The lowest BCUT2D eigenvalue weighted by Gasteiger charge is -2.44. The van der Waals surface area contributed by atoms with Crippen LogP contribution in [0.25, 0.3) is 0 Å². The SMILES string of the molecule is CC1=NN2[C@H](C1)c1ccccc1O[C@@]21C(=O)Nc2ccccc21. The van der Waals surface area contributed by atoms with Crippen LogP contribution in [-0.2, 0) is 10.5 Å². The van der Waals surface area contributed by atoms with Crippen molar-refractivity contribution in [1.82, 2.24) is 5.01 Å². The molecule has 3 aliphatic heterocycles. The van der Waals surface area contributed by atoms with Gasteiger partial charge in [-0.15, -0.1) is 0 Å². The molecule has 1 N–H and O–H groups in total. The Balaban J connectivity index is 1.79. The number of nitrogens with one attached hydrogen (secondary N) is 1. The number of hydrogen-bond acceptors (Lipinski definition) is 4. The maximum atomic E-state index is 12.9. The molecule has 0 radical (unpaired) electrons. The van der Waals surface area contributed by atoms with Gasteiger partial charge in [-0.3, -0.25) is 4.79 Å². The van der Waals surface area contributed by atoms with Crippen molar-refractivity contribution in [1.29, 1.82) is 0 Å². The van der Waals surface area contributed by atoms with Crippen LogP contribution in [0.2, 0.25) is 0 Å². The van der Waals surface area contributed by atoms with Crippen LogP contribution >= 0.6 is 0 Å². The largest absolute Gasteiger partial charge is 0.453 e. The monoisotopic (exact) mass is 305 g/mol. The minimum Gasteiger partial charge on any atom is -0.453 e. The summed E-state index contributed by atoms with van der Waals surface area (Å²) in [7, 11) is 0. The number of anilines is 1. The van der Waals surface area contributed by atoms with Gasteiger partial charge in [0.25, 0.3) is 5.91 Å². The first-order valence-electron chi connectivity index (χ1n) is 7.72. The Morgan fingerprint density at radius 3 is 2.91 bits per heavy atom. The van der Waals surface area contributed by atoms with E-state index in [0.29, 0.717) is 0 Å². The smallest absolute Gasteiger partial charge is 0.306 e. The van der Waals surface area contributed by atoms with Gasteiger partial charge in [-0.2, -0.15) is 5.10 Å². The van der Waals surface area contributed by atoms with E-state index < -0.39 is 5.72 Å². The molecule has 1 spiro atoms. The number of fused-ring (bicyclic) bond motifs is 6. The zero-order chi connectivity index (χ0) is 15.6. The van der Waals surface area contributed by atoms with E-state index in [2.05, 4.69) is 10.4 Å². The number of ether oxygens (including phenoxy) is 1. The average molecular weight is 305 g/mol. The van der Waals surface area contributed by atoms with Gasteiger partial charge >= 0.3 is 5.72 Å². The Labute approximate surface area is 133 Å². The fourth-order valence-electron chi connectivity index (χ4n) is 3.79. The van der Waals surface area contributed by atoms with Gasteiger partial charge in [0.05, 0.1) is 17.3 Å². The fraction of sp³-hybridized carbons (Fsp3) is 0.222. The number of benzene rings is 2. The Kier molecular flexibility index (Phi) is 2.28. The molecule has 23 heavy (non-hydrogen) atoms. The Morgan fingerprint density at radius 1 is 1.22 bits per heavy atom. The number of carbonyl (C=O) groups is 1. The summed E-state index contributed by atoms with van der Waals surface area (Å²) in [5.74, 6) is 0.571. The zero-order valence-corrected chi connectivity index (χ0v) is 12.6. The summed E-state index contributed by atoms with van der Waals surface area (Å²) in [4.78, 5) is 12.9. The molecular weight excluding hydrogens is 290 g/mol. The molecular formula is C18H15N3O2. The van der Waals surface area contributed by atoms with E-state index in [1.54, 1.807) is 0 Å². The number of carbonyl (C=O) groups excluding carboxylic acids is 1. The van der Waals surface area contributed by atoms with Crippen LogP contribution in [0.5, 0.6) is 5.75 Å². The molecule has 0 aliphatic carbocycles. The van der Waals surface area contributed by atoms with E-state index in [-0.39, 0.29) is 11.9 Å². The lowest BCUT2D eigenvalue weighted by atomic mass is 9.93. The van der Waals surface area contributed by atoms with Crippen LogP contribution in [0.4, 0.5) is 5.69 Å². The summed E-state index contributed by atoms with van der Waals surface area (Å²) in [6, 6.07) is 15.6. The molecule has 0 unspecified atom stereocenters. The predicted octanol–water partition coefficient (Wildman–Crippen LogP) is 3.01. The second kappa shape index (κ2) is 4.13. The Morgan fingerprint density at radius 2 is 2.00 bits per heavy atom. The molecule has 0 fully saturated rings. The first-order chi connectivity index (χ1) is 11.2. The molecule has 0 saturated heterocycles. The fourth-order valence-corrected chi connectivity index (χ4v) is 3.79. The molecule has 0 bridgehead atoms. The van der Waals surface area contributed by atoms with Crippen molar-refractivity contribution < 1.29 is 9.53 Å². The van der Waals surface area contributed by atoms with E-state index in [0.717, 1.165) is 34.7 Å². The number of para-hydroxylation sites is 2. The van der Waals surface area contributed by atoms with Crippen molar-refractivity contribution in [2.45, 2.75) is 25.1 Å². The minimum absolute atomic E-state index is 0.0249. The van der Waals surface area contributed by atoms with E-state index in [4.69, 9.17) is 4.74 Å². The van der Waals surface area contributed by atoms with E-state index >= 15 is 0 Å². The highest BCUT2D eigenvalue weighted by molar-refractivity contribution is 6.05. The normalized spacial score (nSPS) is 27.0. The third-order valence-corrected chi connectivity index (χ3v) is 4.77. The molecule has 1 amide bonds. The summed E-state index contributed by atoms with van der Waals surface area (Å²) < 4.78 is 6.29. The molecule has 3 heterocycles. The van der Waals surface area contributed by atoms with Gasteiger partial charge in [0.1, 0.15) is 5.75 Å². The zero-order valence-electron chi connectivity index (χ0n) is 12.6. The van der Waals surface area contributed by atoms with Crippen LogP contribution in [0, 0.1) is 0 Å². The van der Waals surface area contributed by atoms with Crippen LogP contribution < -0.4 is 10.1 Å². The summed E-state index contributed by atoms with van der Waals surface area (Å²) in [6.07, 6.45) is 0.803. The van der Waals surface area contributed by atoms with Gasteiger partial charge in [0.15, 0.2) is 0 Å². The van der Waals surface area contributed by atoms with Gasteiger partial charge in [0, 0.05) is 17.7 Å². The molecule has 3 aliphatic rings. The molecule has 2 aromatic rings.